The molecule has 2 aromatic heterocycles. The van der Waals surface area contributed by atoms with E-state index < -0.39 is 9.84 Å². The van der Waals surface area contributed by atoms with Gasteiger partial charge in [-0.25, -0.2) is 8.42 Å². The number of rotatable bonds is 5. The maximum Gasteiger partial charge on any atom is 0.258 e. The summed E-state index contributed by atoms with van der Waals surface area (Å²) in [6.07, 6.45) is 0.227. The van der Waals surface area contributed by atoms with E-state index in [9.17, 15) is 8.42 Å². The van der Waals surface area contributed by atoms with Crippen molar-refractivity contribution in [3.63, 3.8) is 0 Å². The largest absolute Gasteiger partial charge is 0.334 e. The Bertz CT molecular complexity index is 809. The van der Waals surface area contributed by atoms with Gasteiger partial charge in [0.1, 0.15) is 0 Å². The van der Waals surface area contributed by atoms with Crippen molar-refractivity contribution in [2.75, 3.05) is 5.75 Å². The van der Waals surface area contributed by atoms with Crippen LogP contribution in [0.5, 0.6) is 0 Å². The second kappa shape index (κ2) is 5.79. The van der Waals surface area contributed by atoms with Crippen molar-refractivity contribution >= 4 is 21.2 Å². The summed E-state index contributed by atoms with van der Waals surface area (Å²) >= 11 is 1.53. The molecule has 0 N–H and O–H groups in total. The molecule has 0 aliphatic rings. The van der Waals surface area contributed by atoms with E-state index in [0.29, 0.717) is 16.6 Å². The molecule has 0 unspecified atom stereocenters. The Morgan fingerprint density at radius 3 is 2.67 bits per heavy atom. The highest BCUT2D eigenvalue weighted by atomic mass is 32.2. The monoisotopic (exact) mass is 320 g/mol. The summed E-state index contributed by atoms with van der Waals surface area (Å²) in [5.74, 6) is 0.777. The number of thiophene rings is 1. The summed E-state index contributed by atoms with van der Waals surface area (Å²) < 4.78 is 29.4. The Labute approximate surface area is 126 Å². The molecule has 0 spiro atoms. The van der Waals surface area contributed by atoms with Gasteiger partial charge < -0.3 is 4.52 Å². The summed E-state index contributed by atoms with van der Waals surface area (Å²) in [7, 11) is -3.32. The number of sulfone groups is 1. The number of hydrogen-bond donors (Lipinski definition) is 0. The van der Waals surface area contributed by atoms with Crippen molar-refractivity contribution < 1.29 is 12.9 Å². The van der Waals surface area contributed by atoms with Crippen molar-refractivity contribution in [3.8, 4) is 11.5 Å². The lowest BCUT2D eigenvalue weighted by molar-refractivity contribution is 0.423. The molecule has 1 aromatic carbocycles. The number of nitrogens with zero attached hydrogens (tertiary/aromatic N) is 2. The van der Waals surface area contributed by atoms with Crippen molar-refractivity contribution in [1.29, 1.82) is 0 Å². The van der Waals surface area contributed by atoms with Gasteiger partial charge in [-0.05, 0) is 23.6 Å². The summed E-state index contributed by atoms with van der Waals surface area (Å²) in [6, 6.07) is 10.2. The van der Waals surface area contributed by atoms with Gasteiger partial charge in [-0.1, -0.05) is 23.4 Å². The second-order valence-corrected chi connectivity index (χ2v) is 7.30. The van der Waals surface area contributed by atoms with Gasteiger partial charge in [0, 0.05) is 11.8 Å². The zero-order valence-corrected chi connectivity index (χ0v) is 12.6. The minimum absolute atomic E-state index is 0.0420. The molecule has 108 valence electrons. The lowest BCUT2D eigenvalue weighted by atomic mass is 10.3. The van der Waals surface area contributed by atoms with Crippen LogP contribution >= 0.6 is 11.3 Å². The molecule has 0 aliphatic carbocycles. The minimum atomic E-state index is -3.32. The van der Waals surface area contributed by atoms with E-state index in [4.69, 9.17) is 4.52 Å². The van der Waals surface area contributed by atoms with Crippen LogP contribution in [0, 0.1) is 0 Å². The van der Waals surface area contributed by atoms with Gasteiger partial charge in [-0.2, -0.15) is 16.3 Å². The molecule has 21 heavy (non-hydrogen) atoms. The molecule has 0 fully saturated rings. The fraction of sp³-hybridized carbons (Fsp3) is 0.143. The van der Waals surface area contributed by atoms with E-state index in [1.165, 1.54) is 11.3 Å². The first kappa shape index (κ1) is 14.0. The van der Waals surface area contributed by atoms with Crippen LogP contribution in [0.25, 0.3) is 11.5 Å². The first-order chi connectivity index (χ1) is 10.1. The summed E-state index contributed by atoms with van der Waals surface area (Å²) in [6.45, 7) is 0. The van der Waals surface area contributed by atoms with Crippen molar-refractivity contribution in [1.82, 2.24) is 10.1 Å². The summed E-state index contributed by atoms with van der Waals surface area (Å²) in [5, 5.41) is 7.64. The predicted octanol–water partition coefficient (Wildman–Crippen LogP) is 2.81. The predicted molar refractivity (Wildman–Crippen MR) is 79.8 cm³/mol. The lowest BCUT2D eigenvalue weighted by Gasteiger charge is -2.01. The maximum atomic E-state index is 12.2. The van der Waals surface area contributed by atoms with Gasteiger partial charge in [0.05, 0.1) is 16.2 Å². The quantitative estimate of drug-likeness (QED) is 0.723. The number of hydrogen-bond acceptors (Lipinski definition) is 6. The molecule has 2 heterocycles. The molecule has 3 aromatic rings. The van der Waals surface area contributed by atoms with Crippen LogP contribution in [-0.4, -0.2) is 24.3 Å². The molecule has 0 bridgehead atoms. The molecule has 0 atom stereocenters. The zero-order valence-electron chi connectivity index (χ0n) is 11.0. The van der Waals surface area contributed by atoms with E-state index >= 15 is 0 Å². The molecule has 3 rings (SSSR count). The number of aryl methyl sites for hydroxylation is 1. The van der Waals surface area contributed by atoms with Gasteiger partial charge in [0.2, 0.25) is 0 Å². The van der Waals surface area contributed by atoms with Crippen LogP contribution in [0.1, 0.15) is 5.82 Å². The molecule has 0 amide bonds. The summed E-state index contributed by atoms with van der Waals surface area (Å²) in [4.78, 5) is 4.53. The Kier molecular flexibility index (Phi) is 3.85. The molecular weight excluding hydrogens is 308 g/mol. The normalized spacial score (nSPS) is 11.6. The van der Waals surface area contributed by atoms with Crippen molar-refractivity contribution in [2.45, 2.75) is 11.3 Å². The Morgan fingerprint density at radius 1 is 1.14 bits per heavy atom. The van der Waals surface area contributed by atoms with E-state index in [1.54, 1.807) is 30.3 Å². The average molecular weight is 320 g/mol. The minimum Gasteiger partial charge on any atom is -0.334 e. The van der Waals surface area contributed by atoms with Crippen LogP contribution in [0.4, 0.5) is 0 Å². The highest BCUT2D eigenvalue weighted by Crippen LogP contribution is 2.20. The third kappa shape index (κ3) is 3.20. The van der Waals surface area contributed by atoms with E-state index in [1.807, 2.05) is 16.8 Å². The van der Waals surface area contributed by atoms with E-state index in [2.05, 4.69) is 10.1 Å². The van der Waals surface area contributed by atoms with Gasteiger partial charge in [-0.3, -0.25) is 0 Å². The zero-order chi connectivity index (χ0) is 14.7. The molecule has 0 radical (unpaired) electrons. The maximum absolute atomic E-state index is 12.2. The van der Waals surface area contributed by atoms with Crippen LogP contribution in [0.15, 0.2) is 56.6 Å². The molecule has 0 aliphatic heterocycles. The SMILES string of the molecule is O=S(=O)(CCc1noc(-c2ccsc2)n1)c1ccccc1. The van der Waals surface area contributed by atoms with E-state index in [-0.39, 0.29) is 12.2 Å². The van der Waals surface area contributed by atoms with Gasteiger partial charge in [0.15, 0.2) is 15.7 Å². The highest BCUT2D eigenvalue weighted by Gasteiger charge is 2.16. The Morgan fingerprint density at radius 2 is 1.95 bits per heavy atom. The van der Waals surface area contributed by atoms with Crippen LogP contribution in [-0.2, 0) is 16.3 Å². The van der Waals surface area contributed by atoms with Gasteiger partial charge >= 0.3 is 0 Å². The smallest absolute Gasteiger partial charge is 0.258 e. The highest BCUT2D eigenvalue weighted by molar-refractivity contribution is 7.91. The van der Waals surface area contributed by atoms with Crippen LogP contribution < -0.4 is 0 Å². The number of benzene rings is 1. The second-order valence-electron chi connectivity index (χ2n) is 4.41. The molecule has 0 saturated heterocycles. The fourth-order valence-electron chi connectivity index (χ4n) is 1.83. The van der Waals surface area contributed by atoms with Crippen molar-refractivity contribution in [3.05, 3.63) is 53.0 Å². The van der Waals surface area contributed by atoms with Gasteiger partial charge in [0.25, 0.3) is 5.89 Å². The lowest BCUT2D eigenvalue weighted by Crippen LogP contribution is -2.09. The van der Waals surface area contributed by atoms with E-state index in [0.717, 1.165) is 5.56 Å². The van der Waals surface area contributed by atoms with Crippen LogP contribution in [0.3, 0.4) is 0 Å². The van der Waals surface area contributed by atoms with Crippen LogP contribution in [0.2, 0.25) is 0 Å². The Hall–Kier alpha value is -1.99. The first-order valence-corrected chi connectivity index (χ1v) is 8.88. The van der Waals surface area contributed by atoms with Gasteiger partial charge in [-0.15, -0.1) is 0 Å². The average Bonchev–Trinajstić information content (AvgIpc) is 3.17. The Balaban J connectivity index is 1.71. The first-order valence-electron chi connectivity index (χ1n) is 6.28. The van der Waals surface area contributed by atoms with Crippen molar-refractivity contribution in [2.24, 2.45) is 0 Å². The molecule has 0 saturated carbocycles. The molecule has 5 nitrogen and oxygen atoms in total. The third-order valence-corrected chi connectivity index (χ3v) is 5.35. The topological polar surface area (TPSA) is 73.1 Å². The molecular formula is C14H12N2O3S2. The third-order valence-electron chi connectivity index (χ3n) is 2.93. The number of aromatic nitrogens is 2. The summed E-state index contributed by atoms with van der Waals surface area (Å²) in [5.41, 5.74) is 0.852. The fourth-order valence-corrected chi connectivity index (χ4v) is 3.72. The standard InChI is InChI=1S/C14H12N2O3S2/c17-21(18,12-4-2-1-3-5-12)9-7-13-15-14(19-16-13)11-6-8-20-10-11/h1-6,8,10H,7,9H2. The molecule has 7 heteroatoms.